The van der Waals surface area contributed by atoms with Crippen LogP contribution in [0.25, 0.3) is 16.7 Å². The maximum atomic E-state index is 14.1. The first kappa shape index (κ1) is 33.4. The second-order valence-corrected chi connectivity index (χ2v) is 13.7. The van der Waals surface area contributed by atoms with E-state index >= 15 is 0 Å². The van der Waals surface area contributed by atoms with Crippen molar-refractivity contribution in [2.75, 3.05) is 13.1 Å². The minimum atomic E-state index is 0.164. The van der Waals surface area contributed by atoms with E-state index in [2.05, 4.69) is 106 Å². The number of benzene rings is 1. The van der Waals surface area contributed by atoms with Crippen LogP contribution >= 0.6 is 0 Å². The van der Waals surface area contributed by atoms with Crippen molar-refractivity contribution in [1.82, 2.24) is 9.30 Å². The first-order valence-corrected chi connectivity index (χ1v) is 17.3. The van der Waals surface area contributed by atoms with Crippen molar-refractivity contribution < 1.29 is 9.59 Å². The maximum absolute atomic E-state index is 14.1. The second-order valence-electron chi connectivity index (χ2n) is 13.7. The maximum Gasteiger partial charge on any atom is 0.222 e. The van der Waals surface area contributed by atoms with Gasteiger partial charge in [-0.25, -0.2) is 4.99 Å². The second kappa shape index (κ2) is 15.1. The summed E-state index contributed by atoms with van der Waals surface area (Å²) >= 11 is 0. The number of hydrogen-bond acceptors (Lipinski definition) is 3. The lowest BCUT2D eigenvalue weighted by Gasteiger charge is -2.33. The van der Waals surface area contributed by atoms with Gasteiger partial charge in [0.2, 0.25) is 5.91 Å². The largest absolute Gasteiger partial charge is 0.343 e. The summed E-state index contributed by atoms with van der Waals surface area (Å²) in [5.41, 5.74) is 9.07. The fraction of sp³-hybridized carbons (Fsp3) is 0.439. The molecule has 1 fully saturated rings. The standard InChI is InChI=1S/C41H51N3O2/c1-7-29(5)26-38(45)40-36(32-18-21-43(22-19-32)39(46)17-14-28(3)4)27-37-35(20-23-44(37)41(40)42-8-2)34-16-15-33(24-30(6)25-34)31-12-10-9-11-13-31/h8-13,15-16,20,23,25,27-29,32H,7,14,17-19,21-22,24,26H2,1-6H3. The number of Topliss-reactive ketones (excluding diaryl/α,β-unsaturated/α-hetero) is 1. The Morgan fingerprint density at radius 1 is 1.04 bits per heavy atom. The molecule has 2 aromatic heterocycles. The third-order valence-electron chi connectivity index (χ3n) is 9.73. The Morgan fingerprint density at radius 2 is 1.78 bits per heavy atom. The average molecular weight is 618 g/mol. The van der Waals surface area contributed by atoms with E-state index < -0.39 is 0 Å². The van der Waals surface area contributed by atoms with E-state index in [-0.39, 0.29) is 17.6 Å². The normalized spacial score (nSPS) is 16.8. The Hall–Kier alpha value is -3.99. The summed E-state index contributed by atoms with van der Waals surface area (Å²) in [4.78, 5) is 34.0. The van der Waals surface area contributed by atoms with E-state index in [1.54, 1.807) is 6.21 Å². The van der Waals surface area contributed by atoms with Gasteiger partial charge in [0.05, 0.1) is 11.1 Å². The van der Waals surface area contributed by atoms with E-state index in [1.807, 2.05) is 11.8 Å². The molecule has 46 heavy (non-hydrogen) atoms. The third kappa shape index (κ3) is 7.52. The van der Waals surface area contributed by atoms with Crippen LogP contribution in [0, 0.1) is 11.8 Å². The molecular formula is C41H51N3O2. The van der Waals surface area contributed by atoms with Crippen LogP contribution in [-0.4, -0.2) is 40.3 Å². The van der Waals surface area contributed by atoms with Gasteiger partial charge in [-0.3, -0.25) is 9.59 Å². The van der Waals surface area contributed by atoms with Gasteiger partial charge in [0.25, 0.3) is 0 Å². The molecule has 1 saturated heterocycles. The van der Waals surface area contributed by atoms with Crippen LogP contribution in [0.3, 0.4) is 0 Å². The molecule has 1 atom stereocenters. The van der Waals surface area contributed by atoms with Crippen LogP contribution in [0.15, 0.2) is 77.5 Å². The Bertz CT molecular complexity index is 1680. The number of piperidine rings is 1. The number of nitrogens with zero attached hydrogens (tertiary/aromatic N) is 3. The predicted molar refractivity (Wildman–Crippen MR) is 193 cm³/mol. The smallest absolute Gasteiger partial charge is 0.222 e. The quantitative estimate of drug-likeness (QED) is 0.159. The summed E-state index contributed by atoms with van der Waals surface area (Å²) in [5, 5.41) is 0. The summed E-state index contributed by atoms with van der Waals surface area (Å²) in [6.45, 7) is 14.2. The van der Waals surface area contributed by atoms with Crippen LogP contribution in [0.4, 0.5) is 5.82 Å². The van der Waals surface area contributed by atoms with Crippen molar-refractivity contribution >= 4 is 40.4 Å². The van der Waals surface area contributed by atoms with Crippen LogP contribution < -0.4 is 0 Å². The van der Waals surface area contributed by atoms with Crippen molar-refractivity contribution in [3.8, 4) is 0 Å². The van der Waals surface area contributed by atoms with Gasteiger partial charge in [0.15, 0.2) is 5.78 Å². The third-order valence-corrected chi connectivity index (χ3v) is 9.73. The van der Waals surface area contributed by atoms with Gasteiger partial charge < -0.3 is 9.30 Å². The molecule has 0 N–H and O–H groups in total. The molecule has 0 radical (unpaired) electrons. The highest BCUT2D eigenvalue weighted by Crippen LogP contribution is 2.40. The monoisotopic (exact) mass is 617 g/mol. The van der Waals surface area contributed by atoms with E-state index in [4.69, 9.17) is 4.99 Å². The molecule has 1 aliphatic carbocycles. The van der Waals surface area contributed by atoms with Gasteiger partial charge in [0, 0.05) is 43.9 Å². The van der Waals surface area contributed by atoms with Crippen LogP contribution in [0.1, 0.15) is 119 Å². The summed E-state index contributed by atoms with van der Waals surface area (Å²) in [7, 11) is 0. The molecule has 3 aromatic rings. The van der Waals surface area contributed by atoms with Crippen molar-refractivity contribution in [2.45, 2.75) is 92.4 Å². The summed E-state index contributed by atoms with van der Waals surface area (Å²) in [6.07, 6.45) is 16.3. The van der Waals surface area contributed by atoms with Crippen LogP contribution in [0.2, 0.25) is 0 Å². The van der Waals surface area contributed by atoms with E-state index in [1.165, 1.54) is 16.7 Å². The van der Waals surface area contributed by atoms with E-state index in [9.17, 15) is 9.59 Å². The lowest BCUT2D eigenvalue weighted by atomic mass is 9.83. The van der Waals surface area contributed by atoms with Crippen molar-refractivity contribution in [1.29, 1.82) is 0 Å². The lowest BCUT2D eigenvalue weighted by molar-refractivity contribution is -0.132. The van der Waals surface area contributed by atoms with Gasteiger partial charge in [-0.05, 0) is 91.7 Å². The number of carbonyl (C=O) groups is 2. The summed E-state index contributed by atoms with van der Waals surface area (Å²) < 4.78 is 2.12. The minimum absolute atomic E-state index is 0.164. The van der Waals surface area contributed by atoms with Gasteiger partial charge in [-0.2, -0.15) is 0 Å². The fourth-order valence-electron chi connectivity index (χ4n) is 6.85. The van der Waals surface area contributed by atoms with E-state index in [0.717, 1.165) is 78.8 Å². The number of ketones is 1. The molecule has 0 spiro atoms. The molecule has 1 unspecified atom stereocenters. The molecule has 1 aromatic carbocycles. The Kier molecular flexibility index (Phi) is 10.9. The lowest BCUT2D eigenvalue weighted by Crippen LogP contribution is -2.38. The van der Waals surface area contributed by atoms with Crippen molar-refractivity contribution in [3.63, 3.8) is 0 Å². The number of amides is 1. The number of aliphatic imine (C=N–C) groups is 1. The number of allylic oxidation sites excluding steroid dienone is 6. The first-order chi connectivity index (χ1) is 22.2. The SMILES string of the molecule is CC=Nc1c(C(=O)CC(C)CC)c(C2CCN(C(=O)CCC(C)C)CC2)cc2c(C3=CC=C(c4ccccc4)CC(C)=C3)ccn12. The zero-order valence-electron chi connectivity index (χ0n) is 28.7. The first-order valence-electron chi connectivity index (χ1n) is 17.3. The molecule has 5 nitrogen and oxygen atoms in total. The van der Waals surface area contributed by atoms with Crippen molar-refractivity contribution in [2.24, 2.45) is 16.8 Å². The molecular weight excluding hydrogens is 566 g/mol. The topological polar surface area (TPSA) is 54.2 Å². The number of likely N-dealkylation sites (tertiary alicyclic amines) is 1. The van der Waals surface area contributed by atoms with Crippen LogP contribution in [-0.2, 0) is 4.79 Å². The van der Waals surface area contributed by atoms with Crippen LogP contribution in [0.5, 0.6) is 0 Å². The molecule has 2 aliphatic rings. The number of fused-ring (bicyclic) bond motifs is 1. The summed E-state index contributed by atoms with van der Waals surface area (Å²) in [6, 6.07) is 15.0. The fourth-order valence-corrected chi connectivity index (χ4v) is 6.85. The zero-order valence-corrected chi connectivity index (χ0v) is 28.7. The molecule has 3 heterocycles. The zero-order chi connectivity index (χ0) is 32.8. The molecule has 0 saturated carbocycles. The molecule has 1 aliphatic heterocycles. The van der Waals surface area contributed by atoms with E-state index in [0.29, 0.717) is 24.7 Å². The van der Waals surface area contributed by atoms with Gasteiger partial charge in [-0.1, -0.05) is 88.2 Å². The molecule has 5 rings (SSSR count). The highest BCUT2D eigenvalue weighted by atomic mass is 16.2. The highest BCUT2D eigenvalue weighted by Gasteiger charge is 2.30. The number of pyridine rings is 1. The predicted octanol–water partition coefficient (Wildman–Crippen LogP) is 10.2. The number of rotatable bonds is 11. The Morgan fingerprint density at radius 3 is 2.46 bits per heavy atom. The van der Waals surface area contributed by atoms with Gasteiger partial charge in [-0.15, -0.1) is 0 Å². The number of aromatic nitrogens is 1. The number of carbonyl (C=O) groups excluding carboxylic acids is 2. The van der Waals surface area contributed by atoms with Gasteiger partial charge >= 0.3 is 0 Å². The highest BCUT2D eigenvalue weighted by molar-refractivity contribution is 6.03. The molecule has 242 valence electrons. The Balaban J connectivity index is 1.59. The molecule has 0 bridgehead atoms. The Labute approximate surface area is 275 Å². The average Bonchev–Trinajstić information content (AvgIpc) is 3.38. The summed E-state index contributed by atoms with van der Waals surface area (Å²) in [5.74, 6) is 2.14. The van der Waals surface area contributed by atoms with Crippen molar-refractivity contribution in [3.05, 3.63) is 94.7 Å². The minimum Gasteiger partial charge on any atom is -0.343 e. The number of hydrogen-bond donors (Lipinski definition) is 0. The molecule has 1 amide bonds. The molecule has 5 heteroatoms. The van der Waals surface area contributed by atoms with Gasteiger partial charge in [0.1, 0.15) is 5.82 Å².